The normalized spacial score (nSPS) is 12.0. The zero-order valence-electron chi connectivity index (χ0n) is 21.6. The highest BCUT2D eigenvalue weighted by molar-refractivity contribution is 6.20. The minimum Gasteiger partial charge on any atom is -0.192 e. The Morgan fingerprint density at radius 1 is 0.350 bits per heavy atom. The molecule has 0 unspecified atom stereocenters. The molecule has 182 valence electrons. The predicted octanol–water partition coefficient (Wildman–Crippen LogP) is 10.5. The van der Waals surface area contributed by atoms with Crippen molar-refractivity contribution in [2.75, 3.05) is 0 Å². The Morgan fingerprint density at radius 3 is 1.35 bits per heavy atom. The maximum absolute atomic E-state index is 10.2. The van der Waals surface area contributed by atoms with Gasteiger partial charge in [0.2, 0.25) is 0 Å². The maximum Gasteiger partial charge on any atom is 0.0998 e. The van der Waals surface area contributed by atoms with Crippen LogP contribution >= 0.6 is 0 Å². The van der Waals surface area contributed by atoms with Crippen molar-refractivity contribution in [2.24, 2.45) is 0 Å². The van der Waals surface area contributed by atoms with E-state index in [0.717, 1.165) is 16.7 Å². The summed E-state index contributed by atoms with van der Waals surface area (Å²) in [4.78, 5) is 0. The molecule has 1 heteroatoms. The standard InChI is InChI=1S/C39H21N/c40-22-24-16-15-23(25-17-19-35-28-9-3-1-7-26(28)32-12-5-11-31(25)38(32)35)21-37(24)30-18-20-36-29-10-4-2-8-27(29)33-13-6-14-34(30)39(33)36/h1-21H. The smallest absolute Gasteiger partial charge is 0.0998 e. The van der Waals surface area contributed by atoms with Crippen molar-refractivity contribution < 1.29 is 0 Å². The van der Waals surface area contributed by atoms with E-state index in [1.165, 1.54) is 71.6 Å². The van der Waals surface area contributed by atoms with Crippen molar-refractivity contribution in [3.8, 4) is 72.8 Å². The number of nitrogens with zero attached hydrogens (tertiary/aromatic N) is 1. The molecule has 0 fully saturated rings. The molecule has 9 rings (SSSR count). The first kappa shape index (κ1) is 21.5. The molecule has 0 atom stereocenters. The molecule has 40 heavy (non-hydrogen) atoms. The quantitative estimate of drug-likeness (QED) is 0.230. The summed E-state index contributed by atoms with van der Waals surface area (Å²) >= 11 is 0. The van der Waals surface area contributed by atoms with E-state index in [1.54, 1.807) is 0 Å². The molecule has 0 aliphatic heterocycles. The van der Waals surface area contributed by atoms with E-state index in [9.17, 15) is 5.26 Å². The van der Waals surface area contributed by atoms with Gasteiger partial charge >= 0.3 is 0 Å². The molecule has 0 saturated carbocycles. The number of nitriles is 1. The van der Waals surface area contributed by atoms with Gasteiger partial charge in [0, 0.05) is 5.56 Å². The molecule has 0 N–H and O–H groups in total. The van der Waals surface area contributed by atoms with Gasteiger partial charge in [0.25, 0.3) is 0 Å². The average molecular weight is 504 g/mol. The average Bonchev–Trinajstić information content (AvgIpc) is 3.53. The van der Waals surface area contributed by atoms with Crippen molar-refractivity contribution in [1.82, 2.24) is 0 Å². The molecular formula is C39H21N. The fraction of sp³-hybridized carbons (Fsp3) is 0. The Kier molecular flexibility index (Phi) is 4.18. The van der Waals surface area contributed by atoms with Crippen LogP contribution in [0.1, 0.15) is 5.56 Å². The van der Waals surface area contributed by atoms with Gasteiger partial charge in [-0.3, -0.25) is 0 Å². The van der Waals surface area contributed by atoms with Gasteiger partial charge in [-0.2, -0.15) is 5.26 Å². The number of hydrogen-bond donors (Lipinski definition) is 0. The van der Waals surface area contributed by atoms with Gasteiger partial charge in [0.1, 0.15) is 0 Å². The van der Waals surface area contributed by atoms with Crippen LogP contribution in [0.25, 0.3) is 88.3 Å². The number of benzene rings is 7. The molecule has 1 nitrogen and oxygen atoms in total. The first-order chi connectivity index (χ1) is 19.8. The van der Waals surface area contributed by atoms with Crippen LogP contribution in [-0.4, -0.2) is 0 Å². The third-order valence-corrected chi connectivity index (χ3v) is 8.84. The summed E-state index contributed by atoms with van der Waals surface area (Å²) in [5.74, 6) is 0. The molecule has 0 heterocycles. The molecule has 2 aliphatic rings. The van der Waals surface area contributed by atoms with Crippen LogP contribution in [0.5, 0.6) is 0 Å². The van der Waals surface area contributed by atoms with Crippen molar-refractivity contribution >= 4 is 21.5 Å². The molecule has 0 bridgehead atoms. The zero-order valence-corrected chi connectivity index (χ0v) is 21.6. The molecule has 2 aliphatic carbocycles. The first-order valence-electron chi connectivity index (χ1n) is 13.7. The minimum absolute atomic E-state index is 0.693. The zero-order chi connectivity index (χ0) is 26.4. The van der Waals surface area contributed by atoms with E-state index in [-0.39, 0.29) is 0 Å². The second-order valence-corrected chi connectivity index (χ2v) is 10.7. The Hall–Kier alpha value is -5.45. The fourth-order valence-electron chi connectivity index (χ4n) is 7.14. The largest absolute Gasteiger partial charge is 0.192 e. The number of fused-ring (bicyclic) bond motifs is 6. The van der Waals surface area contributed by atoms with Crippen molar-refractivity contribution in [2.45, 2.75) is 0 Å². The lowest BCUT2D eigenvalue weighted by molar-refractivity contribution is 1.48. The minimum atomic E-state index is 0.693. The first-order valence-corrected chi connectivity index (χ1v) is 13.7. The highest BCUT2D eigenvalue weighted by Crippen LogP contribution is 2.51. The lowest BCUT2D eigenvalue weighted by atomic mass is 9.88. The topological polar surface area (TPSA) is 23.8 Å². The summed E-state index contributed by atoms with van der Waals surface area (Å²) in [6, 6.07) is 48.2. The molecule has 0 spiro atoms. The lowest BCUT2D eigenvalue weighted by Crippen LogP contribution is -1.90. The third kappa shape index (κ3) is 2.70. The van der Waals surface area contributed by atoms with E-state index in [0.29, 0.717) is 5.56 Å². The molecule has 7 aromatic rings. The van der Waals surface area contributed by atoms with Crippen molar-refractivity contribution in [1.29, 1.82) is 5.26 Å². The summed E-state index contributed by atoms with van der Waals surface area (Å²) in [6.45, 7) is 0. The van der Waals surface area contributed by atoms with Crippen LogP contribution in [-0.2, 0) is 0 Å². The van der Waals surface area contributed by atoms with Gasteiger partial charge in [-0.05, 0) is 94.9 Å². The van der Waals surface area contributed by atoms with Gasteiger partial charge in [0.15, 0.2) is 0 Å². The molecule has 7 aromatic carbocycles. The Balaban J connectivity index is 1.29. The molecule has 0 amide bonds. The highest BCUT2D eigenvalue weighted by Gasteiger charge is 2.24. The van der Waals surface area contributed by atoms with Gasteiger partial charge in [0.05, 0.1) is 11.6 Å². The van der Waals surface area contributed by atoms with E-state index in [1.807, 2.05) is 6.07 Å². The van der Waals surface area contributed by atoms with Crippen LogP contribution in [0, 0.1) is 11.3 Å². The summed E-state index contributed by atoms with van der Waals surface area (Å²) in [5, 5.41) is 15.2. The van der Waals surface area contributed by atoms with E-state index >= 15 is 0 Å². The molecule has 0 radical (unpaired) electrons. The Bertz CT molecular complexity index is 2220. The summed E-state index contributed by atoms with van der Waals surface area (Å²) < 4.78 is 0. The van der Waals surface area contributed by atoms with Crippen molar-refractivity contribution in [3.63, 3.8) is 0 Å². The second-order valence-electron chi connectivity index (χ2n) is 10.7. The van der Waals surface area contributed by atoms with Crippen molar-refractivity contribution in [3.05, 3.63) is 133 Å². The van der Waals surface area contributed by atoms with Gasteiger partial charge in [-0.15, -0.1) is 0 Å². The lowest BCUT2D eigenvalue weighted by Gasteiger charge is -2.14. The third-order valence-electron chi connectivity index (χ3n) is 8.84. The summed E-state index contributed by atoms with van der Waals surface area (Å²) in [7, 11) is 0. The summed E-state index contributed by atoms with van der Waals surface area (Å²) in [6.07, 6.45) is 0. The monoisotopic (exact) mass is 503 g/mol. The summed E-state index contributed by atoms with van der Waals surface area (Å²) in [5.41, 5.74) is 15.4. The molecule has 0 saturated heterocycles. The van der Waals surface area contributed by atoms with Gasteiger partial charge in [-0.1, -0.05) is 115 Å². The number of rotatable bonds is 2. The van der Waals surface area contributed by atoms with Crippen LogP contribution in [0.15, 0.2) is 127 Å². The van der Waals surface area contributed by atoms with Gasteiger partial charge in [-0.25, -0.2) is 0 Å². The highest BCUT2D eigenvalue weighted by atomic mass is 14.3. The second kappa shape index (κ2) is 7.79. The fourth-order valence-corrected chi connectivity index (χ4v) is 7.14. The molecular weight excluding hydrogens is 482 g/mol. The van der Waals surface area contributed by atoms with Crippen LogP contribution < -0.4 is 0 Å². The Labute approximate surface area is 232 Å². The predicted molar refractivity (Wildman–Crippen MR) is 166 cm³/mol. The van der Waals surface area contributed by atoms with Crippen LogP contribution in [0.4, 0.5) is 0 Å². The maximum atomic E-state index is 10.2. The molecule has 0 aromatic heterocycles. The van der Waals surface area contributed by atoms with Crippen LogP contribution in [0.3, 0.4) is 0 Å². The van der Waals surface area contributed by atoms with E-state index < -0.39 is 0 Å². The Morgan fingerprint density at radius 2 is 0.800 bits per heavy atom. The van der Waals surface area contributed by atoms with E-state index in [2.05, 4.69) is 127 Å². The SMILES string of the molecule is N#Cc1ccc(-c2ccc3c4c(cccc24)-c2ccccc2-3)cc1-c1ccc2c3c(cccc13)-c1ccccc1-2. The van der Waals surface area contributed by atoms with Crippen LogP contribution in [0.2, 0.25) is 0 Å². The van der Waals surface area contributed by atoms with E-state index in [4.69, 9.17) is 0 Å². The van der Waals surface area contributed by atoms with Gasteiger partial charge < -0.3 is 0 Å². The number of hydrogen-bond acceptors (Lipinski definition) is 1.